The lowest BCUT2D eigenvalue weighted by atomic mass is 9.70. The average molecular weight is 347 g/mol. The first kappa shape index (κ1) is 15.9. The van der Waals surface area contributed by atoms with Gasteiger partial charge in [-0.2, -0.15) is 0 Å². The van der Waals surface area contributed by atoms with Gasteiger partial charge in [-0.05, 0) is 63.6 Å². The number of nitrogens with two attached hydrogens (primary N) is 1. The number of nitrogen functional groups attached to an aromatic ring is 1. The van der Waals surface area contributed by atoms with Crippen LogP contribution in [0.4, 0.5) is 5.69 Å². The van der Waals surface area contributed by atoms with Gasteiger partial charge < -0.3 is 5.73 Å². The number of rotatable bonds is 1. The summed E-state index contributed by atoms with van der Waals surface area (Å²) in [6.07, 6.45) is 6.40. The highest BCUT2D eigenvalue weighted by atomic mass is 14.6. The predicted molar refractivity (Wildman–Crippen MR) is 115 cm³/mol. The van der Waals surface area contributed by atoms with Gasteiger partial charge in [0.1, 0.15) is 0 Å². The molecule has 0 bridgehead atoms. The van der Waals surface area contributed by atoms with Gasteiger partial charge in [-0.25, -0.2) is 0 Å². The lowest BCUT2D eigenvalue weighted by molar-refractivity contribution is 0.795. The van der Waals surface area contributed by atoms with Crippen LogP contribution >= 0.6 is 0 Å². The standard InChI is InChI=1S/C26H21N/c1-3-4-11-22-17(2)19-9-5-7-12-23(19)26(22)24-13-8-6-10-20(24)21-15-14-18(27)16-25(21)26/h3-16H,2,27H2,1H3/b4-3-,22-11+. The van der Waals surface area contributed by atoms with E-state index in [0.717, 1.165) is 11.3 Å². The van der Waals surface area contributed by atoms with Crippen LogP contribution in [0.5, 0.6) is 0 Å². The molecule has 0 radical (unpaired) electrons. The van der Waals surface area contributed by atoms with Crippen molar-refractivity contribution in [2.45, 2.75) is 12.3 Å². The van der Waals surface area contributed by atoms with Gasteiger partial charge in [-0.1, -0.05) is 79.4 Å². The lowest BCUT2D eigenvalue weighted by Crippen LogP contribution is -2.26. The second-order valence-electron chi connectivity index (χ2n) is 7.23. The normalized spacial score (nSPS) is 21.1. The van der Waals surface area contributed by atoms with E-state index in [9.17, 15) is 0 Å². The molecule has 2 aliphatic rings. The summed E-state index contributed by atoms with van der Waals surface area (Å²) in [5.74, 6) is 0. The first-order valence-corrected chi connectivity index (χ1v) is 9.32. The van der Waals surface area contributed by atoms with Gasteiger partial charge >= 0.3 is 0 Å². The molecule has 0 saturated carbocycles. The molecule has 3 aromatic rings. The quantitative estimate of drug-likeness (QED) is 0.528. The maximum absolute atomic E-state index is 6.26. The van der Waals surface area contributed by atoms with Crippen LogP contribution in [-0.2, 0) is 5.41 Å². The van der Waals surface area contributed by atoms with Crippen LogP contribution in [0.3, 0.4) is 0 Å². The van der Waals surface area contributed by atoms with Crippen LogP contribution in [0, 0.1) is 0 Å². The third kappa shape index (κ3) is 1.89. The molecular weight excluding hydrogens is 326 g/mol. The van der Waals surface area contributed by atoms with Gasteiger partial charge in [0, 0.05) is 5.69 Å². The molecule has 5 rings (SSSR count). The molecule has 1 unspecified atom stereocenters. The number of anilines is 1. The molecule has 2 N–H and O–H groups in total. The highest BCUT2D eigenvalue weighted by molar-refractivity contribution is 5.99. The van der Waals surface area contributed by atoms with Gasteiger partial charge in [0.05, 0.1) is 5.41 Å². The minimum absolute atomic E-state index is 0.353. The molecule has 1 spiro atoms. The molecule has 130 valence electrons. The van der Waals surface area contributed by atoms with Gasteiger partial charge in [0.25, 0.3) is 0 Å². The van der Waals surface area contributed by atoms with E-state index in [4.69, 9.17) is 5.73 Å². The largest absolute Gasteiger partial charge is 0.399 e. The predicted octanol–water partition coefficient (Wildman–Crippen LogP) is 6.11. The molecular formula is C26H21N. The van der Waals surface area contributed by atoms with Gasteiger partial charge in [-0.3, -0.25) is 0 Å². The van der Waals surface area contributed by atoms with Crippen LogP contribution in [0.15, 0.2) is 97.1 Å². The minimum atomic E-state index is -0.353. The van der Waals surface area contributed by atoms with Crippen molar-refractivity contribution in [2.75, 3.05) is 5.73 Å². The van der Waals surface area contributed by atoms with E-state index in [1.807, 2.05) is 13.0 Å². The number of fused-ring (bicyclic) bond motifs is 7. The second-order valence-corrected chi connectivity index (χ2v) is 7.23. The Bertz CT molecular complexity index is 1160. The van der Waals surface area contributed by atoms with Crippen LogP contribution in [-0.4, -0.2) is 0 Å². The van der Waals surface area contributed by atoms with Crippen molar-refractivity contribution in [3.05, 3.63) is 119 Å². The molecule has 3 aromatic carbocycles. The fraction of sp³-hybridized carbons (Fsp3) is 0.0769. The summed E-state index contributed by atoms with van der Waals surface area (Å²) in [7, 11) is 0. The van der Waals surface area contributed by atoms with Crippen molar-refractivity contribution in [1.82, 2.24) is 0 Å². The fourth-order valence-electron chi connectivity index (χ4n) is 4.89. The fourth-order valence-corrected chi connectivity index (χ4v) is 4.89. The van der Waals surface area contributed by atoms with Crippen molar-refractivity contribution in [3.63, 3.8) is 0 Å². The van der Waals surface area contributed by atoms with Crippen LogP contribution < -0.4 is 5.73 Å². The smallest absolute Gasteiger partial charge is 0.0726 e. The Balaban J connectivity index is 2.00. The first-order chi connectivity index (χ1) is 13.2. The molecule has 0 aromatic heterocycles. The topological polar surface area (TPSA) is 26.0 Å². The summed E-state index contributed by atoms with van der Waals surface area (Å²) in [6.45, 7) is 6.53. The zero-order valence-corrected chi connectivity index (χ0v) is 15.4. The van der Waals surface area contributed by atoms with Crippen molar-refractivity contribution in [1.29, 1.82) is 0 Å². The average Bonchev–Trinajstić information content (AvgIpc) is 3.12. The Kier molecular flexibility index (Phi) is 3.29. The van der Waals surface area contributed by atoms with Crippen LogP contribution in [0.2, 0.25) is 0 Å². The Morgan fingerprint density at radius 3 is 2.19 bits per heavy atom. The zero-order valence-electron chi connectivity index (χ0n) is 15.4. The van der Waals surface area contributed by atoms with E-state index in [0.29, 0.717) is 0 Å². The molecule has 0 fully saturated rings. The van der Waals surface area contributed by atoms with E-state index in [1.165, 1.54) is 39.0 Å². The number of hydrogen-bond donors (Lipinski definition) is 1. The van der Waals surface area contributed by atoms with Gasteiger partial charge in [-0.15, -0.1) is 0 Å². The Labute approximate surface area is 160 Å². The van der Waals surface area contributed by atoms with E-state index in [-0.39, 0.29) is 5.41 Å². The maximum atomic E-state index is 6.26. The van der Waals surface area contributed by atoms with Crippen LogP contribution in [0.1, 0.15) is 29.2 Å². The van der Waals surface area contributed by atoms with Crippen molar-refractivity contribution < 1.29 is 0 Å². The summed E-state index contributed by atoms with van der Waals surface area (Å²) in [5.41, 5.74) is 16.7. The summed E-state index contributed by atoms with van der Waals surface area (Å²) in [6, 6.07) is 23.7. The molecule has 1 heteroatoms. The molecule has 1 nitrogen and oxygen atoms in total. The molecule has 0 aliphatic heterocycles. The third-order valence-electron chi connectivity index (χ3n) is 5.91. The Morgan fingerprint density at radius 2 is 1.44 bits per heavy atom. The highest BCUT2D eigenvalue weighted by Crippen LogP contribution is 2.63. The molecule has 2 aliphatic carbocycles. The summed E-state index contributed by atoms with van der Waals surface area (Å²) >= 11 is 0. The van der Waals surface area contributed by atoms with E-state index >= 15 is 0 Å². The molecule has 0 amide bonds. The van der Waals surface area contributed by atoms with E-state index < -0.39 is 0 Å². The Morgan fingerprint density at radius 1 is 0.815 bits per heavy atom. The number of allylic oxidation sites excluding steroid dienone is 5. The third-order valence-corrected chi connectivity index (χ3v) is 5.91. The molecule has 0 saturated heterocycles. The summed E-state index contributed by atoms with van der Waals surface area (Å²) in [5, 5.41) is 0. The van der Waals surface area contributed by atoms with Gasteiger partial charge in [0.15, 0.2) is 0 Å². The molecule has 1 atom stereocenters. The molecule has 0 heterocycles. The monoisotopic (exact) mass is 347 g/mol. The van der Waals surface area contributed by atoms with E-state index in [1.54, 1.807) is 0 Å². The highest BCUT2D eigenvalue weighted by Gasteiger charge is 2.52. The molecule has 27 heavy (non-hydrogen) atoms. The second kappa shape index (κ2) is 5.59. The lowest BCUT2D eigenvalue weighted by Gasteiger charge is -2.30. The van der Waals surface area contributed by atoms with Gasteiger partial charge in [0.2, 0.25) is 0 Å². The number of hydrogen-bond acceptors (Lipinski definition) is 1. The van der Waals surface area contributed by atoms with Crippen LogP contribution in [0.25, 0.3) is 16.7 Å². The van der Waals surface area contributed by atoms with Crippen molar-refractivity contribution in [3.8, 4) is 11.1 Å². The maximum Gasteiger partial charge on any atom is 0.0726 e. The number of benzene rings is 3. The van der Waals surface area contributed by atoms with Crippen molar-refractivity contribution in [2.24, 2.45) is 0 Å². The zero-order chi connectivity index (χ0) is 18.6. The van der Waals surface area contributed by atoms with E-state index in [2.05, 4.69) is 85.5 Å². The SMILES string of the molecule is C=C1/C(=C\C=C/C)C2(c3ccccc31)c1ccccc1-c1ccc(N)cc12. The first-order valence-electron chi connectivity index (χ1n) is 9.32. The summed E-state index contributed by atoms with van der Waals surface area (Å²) in [4.78, 5) is 0. The summed E-state index contributed by atoms with van der Waals surface area (Å²) < 4.78 is 0. The Hall–Kier alpha value is -3.32. The van der Waals surface area contributed by atoms with Crippen molar-refractivity contribution >= 4 is 11.3 Å². The minimum Gasteiger partial charge on any atom is -0.399 e.